The molecule has 22 heavy (non-hydrogen) atoms. The Labute approximate surface area is 141 Å². The minimum Gasteiger partial charge on any atom is -0.376 e. The van der Waals surface area contributed by atoms with Crippen LogP contribution in [0, 0.1) is 5.92 Å². The van der Waals surface area contributed by atoms with Crippen molar-refractivity contribution in [2.24, 2.45) is 5.92 Å². The zero-order valence-corrected chi connectivity index (χ0v) is 14.6. The molecule has 130 valence electrons. The fourth-order valence-corrected chi connectivity index (χ4v) is 3.42. The Hall–Kier alpha value is -0.320. The molecule has 0 spiro atoms. The summed E-state index contributed by atoms with van der Waals surface area (Å²) in [5.41, 5.74) is 0. The van der Waals surface area contributed by atoms with Crippen molar-refractivity contribution in [1.29, 1.82) is 0 Å². The number of ether oxygens (including phenoxy) is 1. The number of rotatable bonds is 7. The molecule has 5 heteroatoms. The van der Waals surface area contributed by atoms with Gasteiger partial charge in [-0.2, -0.15) is 0 Å². The summed E-state index contributed by atoms with van der Waals surface area (Å²) in [6, 6.07) is 0. The maximum atomic E-state index is 11.8. The molecule has 0 aromatic heterocycles. The Morgan fingerprint density at radius 2 is 1.73 bits per heavy atom. The Bertz CT molecular complexity index is 288. The van der Waals surface area contributed by atoms with E-state index in [1.807, 2.05) is 0 Å². The van der Waals surface area contributed by atoms with Crippen LogP contribution in [-0.2, 0) is 9.53 Å². The van der Waals surface area contributed by atoms with Crippen molar-refractivity contribution < 1.29 is 9.53 Å². The first-order valence-electron chi connectivity index (χ1n) is 8.93. The molecular formula is C17H33ClN2O2. The zero-order chi connectivity index (χ0) is 14.8. The summed E-state index contributed by atoms with van der Waals surface area (Å²) in [5.74, 6) is 0.928. The van der Waals surface area contributed by atoms with Crippen LogP contribution < -0.4 is 10.6 Å². The van der Waals surface area contributed by atoms with E-state index in [1.165, 1.54) is 51.4 Å². The van der Waals surface area contributed by atoms with Crippen molar-refractivity contribution in [3.05, 3.63) is 0 Å². The molecule has 0 aromatic carbocycles. The third kappa shape index (κ3) is 8.35. The summed E-state index contributed by atoms with van der Waals surface area (Å²) in [6.45, 7) is 3.56. The number of nitrogens with one attached hydrogen (secondary N) is 2. The van der Waals surface area contributed by atoms with Gasteiger partial charge in [0.05, 0.1) is 12.7 Å². The number of piperidine rings is 1. The van der Waals surface area contributed by atoms with Crippen LogP contribution in [0.4, 0.5) is 0 Å². The predicted octanol–water partition coefficient (Wildman–Crippen LogP) is 3.04. The van der Waals surface area contributed by atoms with E-state index in [0.29, 0.717) is 25.7 Å². The van der Waals surface area contributed by atoms with Gasteiger partial charge in [0.1, 0.15) is 0 Å². The van der Waals surface area contributed by atoms with Gasteiger partial charge < -0.3 is 15.4 Å². The Morgan fingerprint density at radius 3 is 2.41 bits per heavy atom. The number of hydrogen-bond acceptors (Lipinski definition) is 3. The summed E-state index contributed by atoms with van der Waals surface area (Å²) in [5, 5.41) is 6.36. The second-order valence-corrected chi connectivity index (χ2v) is 6.57. The molecule has 1 saturated heterocycles. The van der Waals surface area contributed by atoms with Gasteiger partial charge in [-0.25, -0.2) is 0 Å². The molecule has 1 amide bonds. The van der Waals surface area contributed by atoms with Gasteiger partial charge in [-0.3, -0.25) is 4.79 Å². The van der Waals surface area contributed by atoms with Gasteiger partial charge in [-0.1, -0.05) is 25.7 Å². The number of carbonyl (C=O) groups excluding carboxylic acids is 1. The lowest BCUT2D eigenvalue weighted by molar-refractivity contribution is -0.121. The van der Waals surface area contributed by atoms with E-state index in [9.17, 15) is 4.79 Å². The van der Waals surface area contributed by atoms with E-state index >= 15 is 0 Å². The van der Waals surface area contributed by atoms with Gasteiger partial charge in [0, 0.05) is 13.0 Å². The van der Waals surface area contributed by atoms with Crippen LogP contribution in [0.5, 0.6) is 0 Å². The predicted molar refractivity (Wildman–Crippen MR) is 92.5 cm³/mol. The smallest absolute Gasteiger partial charge is 0.220 e. The lowest BCUT2D eigenvalue weighted by Gasteiger charge is -2.22. The highest BCUT2D eigenvalue weighted by Crippen LogP contribution is 2.19. The molecule has 0 unspecified atom stereocenters. The van der Waals surface area contributed by atoms with E-state index in [4.69, 9.17) is 4.74 Å². The number of halogens is 1. The van der Waals surface area contributed by atoms with Gasteiger partial charge in [0.2, 0.25) is 5.91 Å². The van der Waals surface area contributed by atoms with Crippen molar-refractivity contribution in [3.63, 3.8) is 0 Å². The van der Waals surface area contributed by atoms with Gasteiger partial charge in [-0.05, 0) is 51.1 Å². The molecule has 0 bridgehead atoms. The van der Waals surface area contributed by atoms with E-state index in [0.717, 1.165) is 25.4 Å². The van der Waals surface area contributed by atoms with Crippen molar-refractivity contribution >= 4 is 18.3 Å². The first-order chi connectivity index (χ1) is 10.3. The van der Waals surface area contributed by atoms with E-state index in [1.54, 1.807) is 0 Å². The fourth-order valence-electron chi connectivity index (χ4n) is 3.42. The quantitative estimate of drug-likeness (QED) is 0.556. The highest BCUT2D eigenvalue weighted by Gasteiger charge is 2.15. The summed E-state index contributed by atoms with van der Waals surface area (Å²) < 4.78 is 5.88. The fraction of sp³-hybridized carbons (Fsp3) is 0.941. The second-order valence-electron chi connectivity index (χ2n) is 6.57. The lowest BCUT2D eigenvalue weighted by atomic mass is 9.93. The zero-order valence-electron chi connectivity index (χ0n) is 13.8. The highest BCUT2D eigenvalue weighted by molar-refractivity contribution is 5.85. The van der Waals surface area contributed by atoms with Crippen LogP contribution in [-0.4, -0.2) is 38.3 Å². The molecule has 0 aromatic rings. The van der Waals surface area contributed by atoms with Crippen LogP contribution >= 0.6 is 12.4 Å². The van der Waals surface area contributed by atoms with Crippen molar-refractivity contribution in [2.75, 3.05) is 26.2 Å². The largest absolute Gasteiger partial charge is 0.376 e. The van der Waals surface area contributed by atoms with Gasteiger partial charge in [0.25, 0.3) is 0 Å². The minimum absolute atomic E-state index is 0. The summed E-state index contributed by atoms with van der Waals surface area (Å²) in [7, 11) is 0. The molecule has 1 heterocycles. The standard InChI is InChI=1S/C17H32N2O2.ClH/c20-17(8-7-15-9-11-18-12-10-15)19-13-14-21-16-5-3-1-2-4-6-16;/h15-16,18H,1-14H2,(H,19,20);1H. The van der Waals surface area contributed by atoms with Gasteiger partial charge in [0.15, 0.2) is 0 Å². The molecule has 1 aliphatic carbocycles. The number of hydrogen-bond donors (Lipinski definition) is 2. The minimum atomic E-state index is 0. The molecule has 2 fully saturated rings. The molecule has 1 aliphatic heterocycles. The number of amides is 1. The molecule has 2 rings (SSSR count). The maximum absolute atomic E-state index is 11.8. The van der Waals surface area contributed by atoms with Gasteiger partial charge >= 0.3 is 0 Å². The van der Waals surface area contributed by atoms with Crippen LogP contribution in [0.1, 0.15) is 64.2 Å². The van der Waals surface area contributed by atoms with Gasteiger partial charge in [-0.15, -0.1) is 12.4 Å². The molecule has 2 N–H and O–H groups in total. The number of carbonyl (C=O) groups is 1. The molecular weight excluding hydrogens is 300 g/mol. The Morgan fingerprint density at radius 1 is 1.05 bits per heavy atom. The molecule has 1 saturated carbocycles. The van der Waals surface area contributed by atoms with Crippen molar-refractivity contribution in [3.8, 4) is 0 Å². The third-order valence-corrected chi connectivity index (χ3v) is 4.82. The molecule has 2 aliphatic rings. The average Bonchev–Trinajstić information content (AvgIpc) is 2.79. The normalized spacial score (nSPS) is 20.9. The van der Waals surface area contributed by atoms with E-state index < -0.39 is 0 Å². The summed E-state index contributed by atoms with van der Waals surface area (Å²) in [6.07, 6.45) is 12.3. The van der Waals surface area contributed by atoms with Crippen LogP contribution in [0.25, 0.3) is 0 Å². The monoisotopic (exact) mass is 332 g/mol. The third-order valence-electron chi connectivity index (χ3n) is 4.82. The topological polar surface area (TPSA) is 50.4 Å². The second kappa shape index (κ2) is 12.1. The average molecular weight is 333 g/mol. The first kappa shape index (κ1) is 19.7. The van der Waals surface area contributed by atoms with E-state index in [-0.39, 0.29) is 18.3 Å². The summed E-state index contributed by atoms with van der Waals surface area (Å²) in [4.78, 5) is 11.8. The van der Waals surface area contributed by atoms with Crippen LogP contribution in [0.3, 0.4) is 0 Å². The Kier molecular flexibility index (Phi) is 10.9. The highest BCUT2D eigenvalue weighted by atomic mass is 35.5. The van der Waals surface area contributed by atoms with Crippen LogP contribution in [0.15, 0.2) is 0 Å². The Balaban J connectivity index is 0.00000242. The van der Waals surface area contributed by atoms with E-state index in [2.05, 4.69) is 10.6 Å². The molecule has 0 radical (unpaired) electrons. The van der Waals surface area contributed by atoms with Crippen molar-refractivity contribution in [2.45, 2.75) is 70.3 Å². The molecule has 4 nitrogen and oxygen atoms in total. The summed E-state index contributed by atoms with van der Waals surface area (Å²) >= 11 is 0. The van der Waals surface area contributed by atoms with Crippen molar-refractivity contribution in [1.82, 2.24) is 10.6 Å². The maximum Gasteiger partial charge on any atom is 0.220 e. The lowest BCUT2D eigenvalue weighted by Crippen LogP contribution is -2.31. The SMILES string of the molecule is Cl.O=C(CCC1CCNCC1)NCCOC1CCCCCC1. The van der Waals surface area contributed by atoms with Crippen LogP contribution in [0.2, 0.25) is 0 Å². The first-order valence-corrected chi connectivity index (χ1v) is 8.93. The molecule has 0 atom stereocenters.